The lowest BCUT2D eigenvalue weighted by atomic mass is 9.97. The summed E-state index contributed by atoms with van der Waals surface area (Å²) in [5.41, 5.74) is -0.554. The average molecular weight is 564 g/mol. The van der Waals surface area contributed by atoms with Crippen molar-refractivity contribution in [3.8, 4) is 5.75 Å². The summed E-state index contributed by atoms with van der Waals surface area (Å²) in [7, 11) is 2.79. The first kappa shape index (κ1) is 30.9. The lowest BCUT2D eigenvalue weighted by molar-refractivity contribution is -0.384. The Morgan fingerprint density at radius 3 is 2.40 bits per heavy atom. The standard InChI is InChI=1S/C27H41N5O8/c1-27(2,3)40-26(35)29-20-7-6-11-31(17-20)24(33)19-15-21(32(36)37)23(22(16-19)38-4)28-10-14-30-12-8-18(9-13-30)25(34)39-5/h15-16,18,20,28H,6-14,17H2,1-5H3,(H,29,35)/t20-/m1/s1. The summed E-state index contributed by atoms with van der Waals surface area (Å²) in [5, 5.41) is 17.9. The Hall–Kier alpha value is -3.61. The molecule has 2 aliphatic rings. The Bertz CT molecular complexity index is 1080. The zero-order chi connectivity index (χ0) is 29.4. The van der Waals surface area contributed by atoms with Gasteiger partial charge in [0.1, 0.15) is 11.4 Å². The fourth-order valence-corrected chi connectivity index (χ4v) is 5.04. The fourth-order valence-electron chi connectivity index (χ4n) is 5.04. The van der Waals surface area contributed by atoms with Gasteiger partial charge in [0, 0.05) is 38.3 Å². The number of alkyl carbamates (subject to hydrolysis) is 1. The van der Waals surface area contributed by atoms with E-state index in [0.29, 0.717) is 45.3 Å². The minimum Gasteiger partial charge on any atom is -0.494 e. The summed E-state index contributed by atoms with van der Waals surface area (Å²) in [6.07, 6.45) is 2.22. The number of esters is 1. The quantitative estimate of drug-likeness (QED) is 0.260. The smallest absolute Gasteiger partial charge is 0.407 e. The van der Waals surface area contributed by atoms with E-state index >= 15 is 0 Å². The molecule has 0 bridgehead atoms. The van der Waals surface area contributed by atoms with Crippen molar-refractivity contribution >= 4 is 29.3 Å². The maximum atomic E-state index is 13.4. The minimum atomic E-state index is -0.638. The highest BCUT2D eigenvalue weighted by molar-refractivity contribution is 5.97. The molecule has 0 radical (unpaired) electrons. The molecular formula is C27H41N5O8. The van der Waals surface area contributed by atoms with E-state index in [2.05, 4.69) is 15.5 Å². The number of ether oxygens (including phenoxy) is 3. The molecule has 0 aliphatic carbocycles. The summed E-state index contributed by atoms with van der Waals surface area (Å²) >= 11 is 0. The van der Waals surface area contributed by atoms with Crippen LogP contribution >= 0.6 is 0 Å². The number of benzene rings is 1. The first-order valence-corrected chi connectivity index (χ1v) is 13.6. The summed E-state index contributed by atoms with van der Waals surface area (Å²) in [6.45, 7) is 8.55. The third-order valence-electron chi connectivity index (χ3n) is 7.03. The zero-order valence-electron chi connectivity index (χ0n) is 24.0. The number of rotatable bonds is 9. The molecular weight excluding hydrogens is 522 g/mol. The van der Waals surface area contributed by atoms with E-state index < -0.39 is 16.6 Å². The Balaban J connectivity index is 1.65. The second-order valence-corrected chi connectivity index (χ2v) is 11.1. The van der Waals surface area contributed by atoms with E-state index in [1.807, 2.05) is 0 Å². The van der Waals surface area contributed by atoms with Crippen molar-refractivity contribution in [2.45, 2.75) is 58.1 Å². The van der Waals surface area contributed by atoms with Crippen LogP contribution in [0.5, 0.6) is 5.75 Å². The molecule has 1 aromatic rings. The van der Waals surface area contributed by atoms with Crippen LogP contribution in [0, 0.1) is 16.0 Å². The molecule has 2 amide bonds. The van der Waals surface area contributed by atoms with Crippen molar-refractivity contribution in [3.05, 3.63) is 27.8 Å². The fraction of sp³-hybridized carbons (Fsp3) is 0.667. The van der Waals surface area contributed by atoms with Crippen molar-refractivity contribution in [1.82, 2.24) is 15.1 Å². The molecule has 13 nitrogen and oxygen atoms in total. The third-order valence-corrected chi connectivity index (χ3v) is 7.03. The van der Waals surface area contributed by atoms with E-state index in [1.165, 1.54) is 26.4 Å². The predicted molar refractivity (Wildman–Crippen MR) is 148 cm³/mol. The zero-order valence-corrected chi connectivity index (χ0v) is 24.0. The maximum absolute atomic E-state index is 13.4. The number of hydrogen-bond acceptors (Lipinski definition) is 10. The number of nitrogens with one attached hydrogen (secondary N) is 2. The monoisotopic (exact) mass is 563 g/mol. The van der Waals surface area contributed by atoms with Crippen molar-refractivity contribution in [2.75, 3.05) is 58.8 Å². The molecule has 13 heteroatoms. The largest absolute Gasteiger partial charge is 0.494 e. The van der Waals surface area contributed by atoms with Gasteiger partial charge in [-0.2, -0.15) is 0 Å². The Labute approximate surface area is 234 Å². The van der Waals surface area contributed by atoms with Gasteiger partial charge in [0.2, 0.25) is 0 Å². The van der Waals surface area contributed by atoms with Crippen molar-refractivity contribution in [3.63, 3.8) is 0 Å². The van der Waals surface area contributed by atoms with Gasteiger partial charge < -0.3 is 34.6 Å². The van der Waals surface area contributed by atoms with Gasteiger partial charge in [0.15, 0.2) is 5.69 Å². The summed E-state index contributed by atoms with van der Waals surface area (Å²) in [4.78, 5) is 52.5. The number of methoxy groups -OCH3 is 2. The van der Waals surface area contributed by atoms with Gasteiger partial charge in [0.05, 0.1) is 30.6 Å². The van der Waals surface area contributed by atoms with Gasteiger partial charge in [-0.15, -0.1) is 0 Å². The number of anilines is 1. The maximum Gasteiger partial charge on any atom is 0.407 e. The molecule has 2 aliphatic heterocycles. The summed E-state index contributed by atoms with van der Waals surface area (Å²) in [6, 6.07) is 2.48. The number of nitro groups is 1. The molecule has 2 saturated heterocycles. The number of hydrogen-bond donors (Lipinski definition) is 2. The highest BCUT2D eigenvalue weighted by Gasteiger charge is 2.30. The van der Waals surface area contributed by atoms with Crippen LogP contribution in [0.4, 0.5) is 16.2 Å². The average Bonchev–Trinajstić information content (AvgIpc) is 2.91. The molecule has 0 unspecified atom stereocenters. The molecule has 2 N–H and O–H groups in total. The number of likely N-dealkylation sites (tertiary alicyclic amines) is 2. The highest BCUT2D eigenvalue weighted by Crippen LogP contribution is 2.36. The topological polar surface area (TPSA) is 153 Å². The normalized spacial score (nSPS) is 18.5. The van der Waals surface area contributed by atoms with E-state index in [0.717, 1.165) is 13.1 Å². The lowest BCUT2D eigenvalue weighted by Crippen LogP contribution is -2.50. The predicted octanol–water partition coefficient (Wildman–Crippen LogP) is 3.03. The third kappa shape index (κ3) is 8.44. The minimum absolute atomic E-state index is 0.0938. The molecule has 222 valence electrons. The van der Waals surface area contributed by atoms with Crippen molar-refractivity contribution < 1.29 is 33.5 Å². The second-order valence-electron chi connectivity index (χ2n) is 11.1. The van der Waals surface area contributed by atoms with Crippen LogP contribution in [0.25, 0.3) is 0 Å². The van der Waals surface area contributed by atoms with Crippen LogP contribution in [-0.4, -0.2) is 97.8 Å². The van der Waals surface area contributed by atoms with Crippen LogP contribution in [0.2, 0.25) is 0 Å². The number of carbonyl (C=O) groups excluding carboxylic acids is 3. The SMILES string of the molecule is COC(=O)C1CCN(CCNc2c(OC)cc(C(=O)N3CCC[C@@H](NC(=O)OC(C)(C)C)C3)cc2[N+](=O)[O-])CC1. The Morgan fingerprint density at radius 1 is 1.10 bits per heavy atom. The van der Waals surface area contributed by atoms with E-state index in [-0.39, 0.29) is 53.1 Å². The molecule has 1 aromatic carbocycles. The van der Waals surface area contributed by atoms with Crippen LogP contribution in [0.3, 0.4) is 0 Å². The number of nitrogens with zero attached hydrogens (tertiary/aromatic N) is 3. The van der Waals surface area contributed by atoms with Crippen LogP contribution in [-0.2, 0) is 14.3 Å². The first-order valence-electron chi connectivity index (χ1n) is 13.6. The van der Waals surface area contributed by atoms with Gasteiger partial charge in [-0.05, 0) is 65.6 Å². The molecule has 2 heterocycles. The molecule has 0 aromatic heterocycles. The first-order chi connectivity index (χ1) is 18.9. The molecule has 0 saturated carbocycles. The highest BCUT2D eigenvalue weighted by atomic mass is 16.6. The summed E-state index contributed by atoms with van der Waals surface area (Å²) in [5.74, 6) is -0.463. The lowest BCUT2D eigenvalue weighted by Gasteiger charge is -2.33. The van der Waals surface area contributed by atoms with Gasteiger partial charge in [-0.25, -0.2) is 4.79 Å². The molecule has 3 rings (SSSR count). The van der Waals surface area contributed by atoms with Gasteiger partial charge in [-0.1, -0.05) is 0 Å². The second kappa shape index (κ2) is 13.6. The van der Waals surface area contributed by atoms with E-state index in [1.54, 1.807) is 25.7 Å². The molecule has 40 heavy (non-hydrogen) atoms. The Morgan fingerprint density at radius 2 is 1.80 bits per heavy atom. The van der Waals surface area contributed by atoms with Gasteiger partial charge >= 0.3 is 12.1 Å². The van der Waals surface area contributed by atoms with Crippen LogP contribution in [0.15, 0.2) is 12.1 Å². The van der Waals surface area contributed by atoms with Crippen molar-refractivity contribution in [2.24, 2.45) is 5.92 Å². The Kier molecular flexibility index (Phi) is 10.5. The van der Waals surface area contributed by atoms with Crippen LogP contribution in [0.1, 0.15) is 56.8 Å². The van der Waals surface area contributed by atoms with E-state index in [4.69, 9.17) is 14.2 Å². The molecule has 0 spiro atoms. The van der Waals surface area contributed by atoms with Gasteiger partial charge in [0.25, 0.3) is 11.6 Å². The summed E-state index contributed by atoms with van der Waals surface area (Å²) < 4.78 is 15.6. The van der Waals surface area contributed by atoms with Gasteiger partial charge in [-0.3, -0.25) is 19.7 Å². The van der Waals surface area contributed by atoms with Crippen molar-refractivity contribution in [1.29, 1.82) is 0 Å². The molecule has 1 atom stereocenters. The number of carbonyl (C=O) groups is 3. The number of piperidine rings is 2. The van der Waals surface area contributed by atoms with Crippen LogP contribution < -0.4 is 15.4 Å². The van der Waals surface area contributed by atoms with E-state index in [9.17, 15) is 24.5 Å². The number of amides is 2. The number of nitro benzene ring substituents is 1. The molecule has 2 fully saturated rings.